The Morgan fingerprint density at radius 3 is 3.23 bits per heavy atom. The molecule has 0 amide bonds. The number of rotatable bonds is 2. The van der Waals surface area contributed by atoms with Crippen LogP contribution in [0.2, 0.25) is 0 Å². The summed E-state index contributed by atoms with van der Waals surface area (Å²) in [5.74, 6) is 0.925. The van der Waals surface area contributed by atoms with Gasteiger partial charge in [0.15, 0.2) is 0 Å². The van der Waals surface area contributed by atoms with E-state index >= 15 is 0 Å². The number of hydrogen-bond acceptors (Lipinski definition) is 2. The molecule has 0 unspecified atom stereocenters. The molecule has 0 spiro atoms. The highest BCUT2D eigenvalue weighted by atomic mass is 15.3. The van der Waals surface area contributed by atoms with Crippen LogP contribution in [0.25, 0.3) is 0 Å². The Morgan fingerprint density at radius 1 is 1.54 bits per heavy atom. The Bertz CT molecular complexity index is 288. The SMILES string of the molecule is c1c2c(nn1CC1CC1)CNCC2. The number of nitrogens with one attached hydrogen (secondary N) is 1. The van der Waals surface area contributed by atoms with Gasteiger partial charge < -0.3 is 5.32 Å². The van der Waals surface area contributed by atoms with Gasteiger partial charge in [0.1, 0.15) is 0 Å². The molecular weight excluding hydrogens is 162 g/mol. The van der Waals surface area contributed by atoms with Gasteiger partial charge in [-0.1, -0.05) is 0 Å². The number of aromatic nitrogens is 2. The first-order valence-electron chi connectivity index (χ1n) is 5.18. The first-order valence-corrected chi connectivity index (χ1v) is 5.18. The van der Waals surface area contributed by atoms with Gasteiger partial charge in [-0.25, -0.2) is 0 Å². The average Bonchev–Trinajstić information content (AvgIpc) is 2.85. The maximum atomic E-state index is 4.59. The molecule has 0 bridgehead atoms. The van der Waals surface area contributed by atoms with E-state index in [4.69, 9.17) is 0 Å². The van der Waals surface area contributed by atoms with Crippen LogP contribution in [0.4, 0.5) is 0 Å². The summed E-state index contributed by atoms with van der Waals surface area (Å²) < 4.78 is 2.15. The second-order valence-electron chi connectivity index (χ2n) is 4.19. The topological polar surface area (TPSA) is 29.9 Å². The minimum absolute atomic E-state index is 0.925. The normalized spacial score (nSPS) is 21.5. The van der Waals surface area contributed by atoms with Gasteiger partial charge in [-0.3, -0.25) is 4.68 Å². The Labute approximate surface area is 78.1 Å². The Kier molecular flexibility index (Phi) is 1.65. The van der Waals surface area contributed by atoms with E-state index in [0.29, 0.717) is 0 Å². The van der Waals surface area contributed by atoms with E-state index in [1.165, 1.54) is 24.1 Å². The number of fused-ring (bicyclic) bond motifs is 1. The summed E-state index contributed by atoms with van der Waals surface area (Å²) in [6.45, 7) is 3.22. The lowest BCUT2D eigenvalue weighted by molar-refractivity contribution is 0.550. The van der Waals surface area contributed by atoms with E-state index in [1.807, 2.05) is 0 Å². The Morgan fingerprint density at radius 2 is 2.46 bits per heavy atom. The third-order valence-electron chi connectivity index (χ3n) is 2.93. The fourth-order valence-corrected chi connectivity index (χ4v) is 1.95. The van der Waals surface area contributed by atoms with E-state index in [2.05, 4.69) is 21.3 Å². The molecule has 70 valence electrons. The van der Waals surface area contributed by atoms with Crippen LogP contribution >= 0.6 is 0 Å². The van der Waals surface area contributed by atoms with Crippen molar-refractivity contribution in [2.75, 3.05) is 6.54 Å². The van der Waals surface area contributed by atoms with E-state index in [-0.39, 0.29) is 0 Å². The van der Waals surface area contributed by atoms with Crippen molar-refractivity contribution in [1.29, 1.82) is 0 Å². The van der Waals surface area contributed by atoms with Crippen molar-refractivity contribution < 1.29 is 0 Å². The number of nitrogens with zero attached hydrogens (tertiary/aromatic N) is 2. The standard InChI is InChI=1S/C10H15N3/c1-2-8(1)6-13-7-9-3-4-11-5-10(9)12-13/h7-8,11H,1-6H2. The molecule has 1 N–H and O–H groups in total. The second-order valence-corrected chi connectivity index (χ2v) is 4.19. The van der Waals surface area contributed by atoms with Crippen LogP contribution in [0.15, 0.2) is 6.20 Å². The minimum atomic E-state index is 0.925. The summed E-state index contributed by atoms with van der Waals surface area (Å²) in [5, 5.41) is 7.93. The molecule has 1 aliphatic heterocycles. The molecule has 3 rings (SSSR count). The highest BCUT2D eigenvalue weighted by Gasteiger charge is 2.23. The van der Waals surface area contributed by atoms with Crippen LogP contribution in [0.5, 0.6) is 0 Å². The lowest BCUT2D eigenvalue weighted by Crippen LogP contribution is -2.22. The third kappa shape index (κ3) is 1.48. The molecule has 1 aliphatic carbocycles. The fourth-order valence-electron chi connectivity index (χ4n) is 1.95. The van der Waals surface area contributed by atoms with Crippen LogP contribution in [-0.2, 0) is 19.5 Å². The van der Waals surface area contributed by atoms with Crippen molar-refractivity contribution in [3.63, 3.8) is 0 Å². The van der Waals surface area contributed by atoms with Gasteiger partial charge in [0, 0.05) is 19.3 Å². The summed E-state index contributed by atoms with van der Waals surface area (Å²) >= 11 is 0. The summed E-state index contributed by atoms with van der Waals surface area (Å²) in [4.78, 5) is 0. The van der Waals surface area contributed by atoms with Crippen LogP contribution in [0.1, 0.15) is 24.1 Å². The Hall–Kier alpha value is -0.830. The zero-order chi connectivity index (χ0) is 8.67. The van der Waals surface area contributed by atoms with Crippen LogP contribution < -0.4 is 5.32 Å². The van der Waals surface area contributed by atoms with E-state index in [0.717, 1.165) is 32.0 Å². The highest BCUT2D eigenvalue weighted by molar-refractivity contribution is 5.19. The molecule has 0 aromatic carbocycles. The zero-order valence-corrected chi connectivity index (χ0v) is 7.79. The van der Waals surface area contributed by atoms with Gasteiger partial charge in [-0.2, -0.15) is 5.10 Å². The predicted molar refractivity (Wildman–Crippen MR) is 50.4 cm³/mol. The average molecular weight is 177 g/mol. The third-order valence-corrected chi connectivity index (χ3v) is 2.93. The molecule has 0 atom stereocenters. The van der Waals surface area contributed by atoms with Crippen LogP contribution in [0.3, 0.4) is 0 Å². The first kappa shape index (κ1) is 7.56. The van der Waals surface area contributed by atoms with Crippen molar-refractivity contribution in [1.82, 2.24) is 15.1 Å². The molecule has 3 heteroatoms. The molecule has 1 saturated carbocycles. The van der Waals surface area contributed by atoms with Crippen molar-refractivity contribution in [2.24, 2.45) is 5.92 Å². The smallest absolute Gasteiger partial charge is 0.0794 e. The minimum Gasteiger partial charge on any atom is -0.311 e. The van der Waals surface area contributed by atoms with Gasteiger partial charge >= 0.3 is 0 Å². The van der Waals surface area contributed by atoms with E-state index < -0.39 is 0 Å². The predicted octanol–water partition coefficient (Wildman–Crippen LogP) is 0.939. The van der Waals surface area contributed by atoms with Crippen molar-refractivity contribution in [3.05, 3.63) is 17.5 Å². The van der Waals surface area contributed by atoms with Gasteiger partial charge in [-0.05, 0) is 37.3 Å². The lowest BCUT2D eigenvalue weighted by Gasteiger charge is -2.09. The van der Waals surface area contributed by atoms with Gasteiger partial charge in [0.2, 0.25) is 0 Å². The van der Waals surface area contributed by atoms with Gasteiger partial charge in [-0.15, -0.1) is 0 Å². The summed E-state index contributed by atoms with van der Waals surface area (Å²) in [6, 6.07) is 0. The summed E-state index contributed by atoms with van der Waals surface area (Å²) in [5.41, 5.74) is 2.73. The summed E-state index contributed by atoms with van der Waals surface area (Å²) in [7, 11) is 0. The summed E-state index contributed by atoms with van der Waals surface area (Å²) in [6.07, 6.45) is 6.21. The molecule has 13 heavy (non-hydrogen) atoms. The monoisotopic (exact) mass is 177 g/mol. The highest BCUT2D eigenvalue weighted by Crippen LogP contribution is 2.30. The molecule has 3 nitrogen and oxygen atoms in total. The van der Waals surface area contributed by atoms with Crippen molar-refractivity contribution >= 4 is 0 Å². The van der Waals surface area contributed by atoms with Crippen molar-refractivity contribution in [2.45, 2.75) is 32.4 Å². The zero-order valence-electron chi connectivity index (χ0n) is 7.79. The molecule has 0 radical (unpaired) electrons. The largest absolute Gasteiger partial charge is 0.311 e. The fraction of sp³-hybridized carbons (Fsp3) is 0.700. The molecule has 0 saturated heterocycles. The molecule has 1 aromatic rings. The van der Waals surface area contributed by atoms with E-state index in [9.17, 15) is 0 Å². The molecule has 1 aromatic heterocycles. The van der Waals surface area contributed by atoms with E-state index in [1.54, 1.807) is 0 Å². The van der Waals surface area contributed by atoms with Gasteiger partial charge in [0.05, 0.1) is 5.69 Å². The van der Waals surface area contributed by atoms with Gasteiger partial charge in [0.25, 0.3) is 0 Å². The maximum Gasteiger partial charge on any atom is 0.0794 e. The lowest BCUT2D eigenvalue weighted by atomic mass is 10.1. The molecule has 2 aliphatic rings. The van der Waals surface area contributed by atoms with Crippen LogP contribution in [0, 0.1) is 5.92 Å². The first-order chi connectivity index (χ1) is 6.42. The van der Waals surface area contributed by atoms with Crippen molar-refractivity contribution in [3.8, 4) is 0 Å². The van der Waals surface area contributed by atoms with Crippen LogP contribution in [-0.4, -0.2) is 16.3 Å². The number of hydrogen-bond donors (Lipinski definition) is 1. The molecular formula is C10H15N3. The quantitative estimate of drug-likeness (QED) is 0.728. The molecule has 2 heterocycles. The maximum absolute atomic E-state index is 4.59. The Balaban J connectivity index is 1.81. The molecule has 1 fully saturated rings. The second kappa shape index (κ2) is 2.84.